The van der Waals surface area contributed by atoms with Crippen molar-refractivity contribution < 1.29 is 19.0 Å². The third-order valence-electron chi connectivity index (χ3n) is 4.74. The molecule has 2 aromatic heterocycles. The summed E-state index contributed by atoms with van der Waals surface area (Å²) in [5, 5.41) is 5.93. The first-order valence-electron chi connectivity index (χ1n) is 10.1. The fourth-order valence-corrected chi connectivity index (χ4v) is 4.03. The summed E-state index contributed by atoms with van der Waals surface area (Å²) in [6, 6.07) is 13.9. The van der Waals surface area contributed by atoms with Gasteiger partial charge < -0.3 is 19.5 Å². The van der Waals surface area contributed by atoms with Gasteiger partial charge >= 0.3 is 0 Å². The molecule has 0 spiro atoms. The summed E-state index contributed by atoms with van der Waals surface area (Å²) in [5.74, 6) is 2.27. The Labute approximate surface area is 191 Å². The summed E-state index contributed by atoms with van der Waals surface area (Å²) < 4.78 is 17.7. The Bertz CT molecular complexity index is 1380. The van der Waals surface area contributed by atoms with Crippen molar-refractivity contribution in [3.63, 3.8) is 0 Å². The standard InChI is InChI=1S/C22H19N5O5S/c1-2-30-15-6-4-14(5-7-15)23-20(29)11-33-22-25-21(24-18-10-19(28)26-27(18)22)13-3-8-16-17(9-13)32-12-31-16/h3-10H,2,11-12H2,1H3,(H,23,29)(H,26,28). The van der Waals surface area contributed by atoms with E-state index in [9.17, 15) is 9.59 Å². The maximum atomic E-state index is 12.5. The van der Waals surface area contributed by atoms with Gasteiger partial charge in [0.1, 0.15) is 5.75 Å². The summed E-state index contributed by atoms with van der Waals surface area (Å²) in [6.45, 7) is 2.65. The third-order valence-corrected chi connectivity index (χ3v) is 5.68. The molecule has 1 amide bonds. The fourth-order valence-electron chi connectivity index (χ4n) is 3.27. The molecule has 2 aromatic carbocycles. The minimum Gasteiger partial charge on any atom is -0.494 e. The SMILES string of the molecule is CCOc1ccc(NC(=O)CSc2nc(-c3ccc4c(c3)OCO4)nc3cc(=O)[nH]n23)cc1. The molecule has 4 aromatic rings. The van der Waals surface area contributed by atoms with E-state index < -0.39 is 0 Å². The van der Waals surface area contributed by atoms with E-state index in [1.165, 1.54) is 22.3 Å². The summed E-state index contributed by atoms with van der Waals surface area (Å²) in [7, 11) is 0. The maximum absolute atomic E-state index is 12.5. The molecule has 10 nitrogen and oxygen atoms in total. The normalized spacial score (nSPS) is 12.2. The molecule has 11 heteroatoms. The first kappa shape index (κ1) is 20.9. The van der Waals surface area contributed by atoms with E-state index in [1.807, 2.05) is 13.0 Å². The summed E-state index contributed by atoms with van der Waals surface area (Å²) in [6.07, 6.45) is 0. The lowest BCUT2D eigenvalue weighted by atomic mass is 10.2. The molecular weight excluding hydrogens is 446 g/mol. The lowest BCUT2D eigenvalue weighted by Gasteiger charge is -2.09. The van der Waals surface area contributed by atoms with Gasteiger partial charge in [-0.15, -0.1) is 0 Å². The molecule has 3 heterocycles. The Morgan fingerprint density at radius 3 is 2.79 bits per heavy atom. The average Bonchev–Trinajstić information content (AvgIpc) is 3.43. The predicted molar refractivity (Wildman–Crippen MR) is 122 cm³/mol. The number of nitrogens with one attached hydrogen (secondary N) is 2. The van der Waals surface area contributed by atoms with Crippen LogP contribution in [0.3, 0.4) is 0 Å². The number of hydrogen-bond donors (Lipinski definition) is 2. The number of aromatic amines is 1. The van der Waals surface area contributed by atoms with Crippen molar-refractivity contribution in [2.75, 3.05) is 24.5 Å². The summed E-state index contributed by atoms with van der Waals surface area (Å²) in [5.41, 5.74) is 1.45. The van der Waals surface area contributed by atoms with E-state index in [1.54, 1.807) is 36.4 Å². The van der Waals surface area contributed by atoms with Gasteiger partial charge in [0.2, 0.25) is 12.7 Å². The monoisotopic (exact) mass is 465 g/mol. The number of thioether (sulfide) groups is 1. The molecule has 0 saturated carbocycles. The minimum absolute atomic E-state index is 0.0834. The molecular formula is C22H19N5O5S. The Morgan fingerprint density at radius 1 is 1.15 bits per heavy atom. The number of anilines is 1. The molecule has 168 valence electrons. The molecule has 0 atom stereocenters. The van der Waals surface area contributed by atoms with Crippen LogP contribution in [0.1, 0.15) is 6.92 Å². The van der Waals surface area contributed by atoms with Gasteiger partial charge in [0.15, 0.2) is 28.1 Å². The summed E-state index contributed by atoms with van der Waals surface area (Å²) in [4.78, 5) is 33.5. The number of carbonyl (C=O) groups is 1. The molecule has 5 rings (SSSR count). The number of ether oxygens (including phenoxy) is 3. The van der Waals surface area contributed by atoms with Gasteiger partial charge in [-0.3, -0.25) is 14.7 Å². The second kappa shape index (κ2) is 8.87. The smallest absolute Gasteiger partial charge is 0.266 e. The number of benzene rings is 2. The molecule has 0 unspecified atom stereocenters. The molecule has 1 aliphatic rings. The van der Waals surface area contributed by atoms with Gasteiger partial charge in [0, 0.05) is 17.3 Å². The van der Waals surface area contributed by atoms with Crippen molar-refractivity contribution in [2.24, 2.45) is 0 Å². The van der Waals surface area contributed by atoms with Crippen LogP contribution < -0.4 is 25.1 Å². The van der Waals surface area contributed by atoms with Crippen molar-refractivity contribution >= 4 is 29.0 Å². The van der Waals surface area contributed by atoms with Crippen molar-refractivity contribution in [1.29, 1.82) is 0 Å². The highest BCUT2D eigenvalue weighted by Crippen LogP contribution is 2.35. The van der Waals surface area contributed by atoms with Gasteiger partial charge in [-0.25, -0.2) is 14.5 Å². The number of amides is 1. The second-order valence-electron chi connectivity index (χ2n) is 7.01. The number of nitrogens with zero attached hydrogens (tertiary/aromatic N) is 3. The number of rotatable bonds is 7. The minimum atomic E-state index is -0.312. The topological polar surface area (TPSA) is 120 Å². The number of carbonyl (C=O) groups excluding carboxylic acids is 1. The zero-order chi connectivity index (χ0) is 22.8. The van der Waals surface area contributed by atoms with Gasteiger partial charge in [0.25, 0.3) is 5.56 Å². The first-order chi connectivity index (χ1) is 16.1. The molecule has 0 bridgehead atoms. The van der Waals surface area contributed by atoms with E-state index >= 15 is 0 Å². The zero-order valence-electron chi connectivity index (χ0n) is 17.5. The van der Waals surface area contributed by atoms with Crippen LogP contribution in [0.25, 0.3) is 17.0 Å². The highest BCUT2D eigenvalue weighted by Gasteiger charge is 2.17. The molecule has 33 heavy (non-hydrogen) atoms. The predicted octanol–water partition coefficient (Wildman–Crippen LogP) is 2.94. The van der Waals surface area contributed by atoms with E-state index in [0.717, 1.165) is 5.75 Å². The number of hydrogen-bond acceptors (Lipinski definition) is 8. The Morgan fingerprint density at radius 2 is 1.97 bits per heavy atom. The van der Waals surface area contributed by atoms with E-state index in [-0.39, 0.29) is 24.0 Å². The molecule has 0 aliphatic carbocycles. The quantitative estimate of drug-likeness (QED) is 0.400. The van der Waals surface area contributed by atoms with Crippen LogP contribution >= 0.6 is 11.8 Å². The van der Waals surface area contributed by atoms with Crippen LogP contribution in [0.2, 0.25) is 0 Å². The number of aromatic nitrogens is 4. The third kappa shape index (κ3) is 4.48. The van der Waals surface area contributed by atoms with Crippen LogP contribution in [-0.2, 0) is 4.79 Å². The molecule has 0 fully saturated rings. The highest BCUT2D eigenvalue weighted by molar-refractivity contribution is 7.99. The number of fused-ring (bicyclic) bond motifs is 2. The fraction of sp³-hybridized carbons (Fsp3) is 0.182. The Kier molecular flexibility index (Phi) is 5.61. The zero-order valence-corrected chi connectivity index (χ0v) is 18.3. The van der Waals surface area contributed by atoms with E-state index in [2.05, 4.69) is 20.4 Å². The van der Waals surface area contributed by atoms with E-state index in [0.29, 0.717) is 46.0 Å². The first-order valence-corrected chi connectivity index (χ1v) is 11.1. The molecule has 1 aliphatic heterocycles. The van der Waals surface area contributed by atoms with Crippen molar-refractivity contribution in [3.05, 3.63) is 58.9 Å². The maximum Gasteiger partial charge on any atom is 0.266 e. The van der Waals surface area contributed by atoms with Crippen LogP contribution in [0.5, 0.6) is 17.2 Å². The van der Waals surface area contributed by atoms with Crippen LogP contribution in [-0.4, -0.2) is 44.6 Å². The van der Waals surface area contributed by atoms with Crippen molar-refractivity contribution in [1.82, 2.24) is 19.6 Å². The van der Waals surface area contributed by atoms with Crippen LogP contribution in [0.4, 0.5) is 5.69 Å². The number of H-pyrrole nitrogens is 1. The highest BCUT2D eigenvalue weighted by atomic mass is 32.2. The molecule has 0 saturated heterocycles. The van der Waals surface area contributed by atoms with Gasteiger partial charge in [-0.2, -0.15) is 0 Å². The average molecular weight is 465 g/mol. The molecule has 0 radical (unpaired) electrons. The van der Waals surface area contributed by atoms with Gasteiger partial charge in [-0.1, -0.05) is 11.8 Å². The lowest BCUT2D eigenvalue weighted by molar-refractivity contribution is -0.113. The second-order valence-corrected chi connectivity index (χ2v) is 7.95. The Balaban J connectivity index is 1.36. The lowest BCUT2D eigenvalue weighted by Crippen LogP contribution is -2.15. The van der Waals surface area contributed by atoms with Gasteiger partial charge in [-0.05, 0) is 49.4 Å². The Hall–Kier alpha value is -3.99. The van der Waals surface area contributed by atoms with Crippen LogP contribution in [0, 0.1) is 0 Å². The summed E-state index contributed by atoms with van der Waals surface area (Å²) >= 11 is 1.19. The van der Waals surface area contributed by atoms with Crippen molar-refractivity contribution in [3.8, 4) is 28.6 Å². The van der Waals surface area contributed by atoms with E-state index in [4.69, 9.17) is 14.2 Å². The molecule has 2 N–H and O–H groups in total. The van der Waals surface area contributed by atoms with Gasteiger partial charge in [0.05, 0.1) is 12.4 Å². The van der Waals surface area contributed by atoms with Crippen LogP contribution in [0.15, 0.2) is 58.5 Å². The van der Waals surface area contributed by atoms with Crippen molar-refractivity contribution in [2.45, 2.75) is 12.1 Å². The largest absolute Gasteiger partial charge is 0.494 e.